The van der Waals surface area contributed by atoms with Crippen molar-refractivity contribution in [1.82, 2.24) is 9.88 Å². The van der Waals surface area contributed by atoms with Crippen molar-refractivity contribution in [2.24, 2.45) is 0 Å². The lowest BCUT2D eigenvalue weighted by Gasteiger charge is -2.29. The van der Waals surface area contributed by atoms with Gasteiger partial charge < -0.3 is 5.11 Å². The van der Waals surface area contributed by atoms with Crippen LogP contribution in [0.25, 0.3) is 0 Å². The van der Waals surface area contributed by atoms with E-state index in [0.717, 1.165) is 17.8 Å². The first-order valence-corrected chi connectivity index (χ1v) is 7.31. The Labute approximate surface area is 132 Å². The lowest BCUT2D eigenvalue weighted by atomic mass is 10.0. The summed E-state index contributed by atoms with van der Waals surface area (Å²) in [4.78, 5) is 16.5. The van der Waals surface area contributed by atoms with Gasteiger partial charge in [-0.25, -0.2) is 4.39 Å². The van der Waals surface area contributed by atoms with Crippen molar-refractivity contribution in [3.8, 4) is 0 Å². The SMILES string of the molecule is O=[N+]([O-])c1cnc2c(c1)CN(C[C@H](O)c1ccc(F)cc1)CC2. The predicted octanol–water partition coefficient (Wildman–Crippen LogP) is 2.22. The number of halogens is 1. The molecule has 1 aromatic heterocycles. The molecule has 0 amide bonds. The molecule has 0 aliphatic carbocycles. The van der Waals surface area contributed by atoms with Crippen LogP contribution in [0.5, 0.6) is 0 Å². The smallest absolute Gasteiger partial charge is 0.287 e. The zero-order chi connectivity index (χ0) is 16.4. The summed E-state index contributed by atoms with van der Waals surface area (Å²) in [6.45, 7) is 1.60. The van der Waals surface area contributed by atoms with Crippen LogP contribution in [0.1, 0.15) is 22.9 Å². The fourth-order valence-corrected chi connectivity index (χ4v) is 2.76. The minimum atomic E-state index is -0.733. The molecule has 1 aliphatic rings. The number of β-amino-alcohol motifs (C(OH)–C–C–N with tert-alkyl or cyclic N) is 1. The van der Waals surface area contributed by atoms with Crippen molar-refractivity contribution in [2.75, 3.05) is 13.1 Å². The number of aliphatic hydroxyl groups is 1. The average Bonchev–Trinajstić information content (AvgIpc) is 2.54. The molecule has 2 aromatic rings. The molecule has 1 N–H and O–H groups in total. The minimum Gasteiger partial charge on any atom is -0.387 e. The zero-order valence-electron chi connectivity index (χ0n) is 12.4. The van der Waals surface area contributed by atoms with Crippen molar-refractivity contribution in [1.29, 1.82) is 0 Å². The van der Waals surface area contributed by atoms with Crippen molar-refractivity contribution in [3.05, 3.63) is 69.3 Å². The molecular weight excluding hydrogens is 301 g/mol. The Morgan fingerprint density at radius 3 is 2.83 bits per heavy atom. The predicted molar refractivity (Wildman–Crippen MR) is 81.2 cm³/mol. The van der Waals surface area contributed by atoms with Crippen molar-refractivity contribution < 1.29 is 14.4 Å². The van der Waals surface area contributed by atoms with Crippen molar-refractivity contribution in [3.63, 3.8) is 0 Å². The molecule has 2 heterocycles. The first-order chi connectivity index (χ1) is 11.0. The van der Waals surface area contributed by atoms with Crippen LogP contribution >= 0.6 is 0 Å². The molecule has 120 valence electrons. The summed E-state index contributed by atoms with van der Waals surface area (Å²) in [5.41, 5.74) is 2.30. The minimum absolute atomic E-state index is 0.0234. The summed E-state index contributed by atoms with van der Waals surface area (Å²) in [5.74, 6) is -0.341. The van der Waals surface area contributed by atoms with Gasteiger partial charge in [-0.3, -0.25) is 20.0 Å². The van der Waals surface area contributed by atoms with E-state index in [1.54, 1.807) is 18.2 Å². The Morgan fingerprint density at radius 2 is 2.13 bits per heavy atom. The van der Waals surface area contributed by atoms with Gasteiger partial charge in [0.25, 0.3) is 5.69 Å². The Morgan fingerprint density at radius 1 is 1.39 bits per heavy atom. The molecule has 1 aromatic carbocycles. The highest BCUT2D eigenvalue weighted by Crippen LogP contribution is 2.23. The van der Waals surface area contributed by atoms with Gasteiger partial charge in [-0.15, -0.1) is 0 Å². The average molecular weight is 317 g/mol. The van der Waals surface area contributed by atoms with Crippen LogP contribution in [-0.2, 0) is 13.0 Å². The number of pyridine rings is 1. The van der Waals surface area contributed by atoms with E-state index < -0.39 is 11.0 Å². The number of aromatic nitrogens is 1. The van der Waals surface area contributed by atoms with Gasteiger partial charge in [0.15, 0.2) is 0 Å². The molecule has 0 bridgehead atoms. The molecule has 0 fully saturated rings. The van der Waals surface area contributed by atoms with Gasteiger partial charge in [0, 0.05) is 37.8 Å². The molecule has 1 atom stereocenters. The molecule has 0 unspecified atom stereocenters. The standard InChI is InChI=1S/C16H16FN3O3/c17-13-3-1-11(2-4-13)16(21)10-19-6-5-15-12(9-19)7-14(8-18-15)20(22)23/h1-4,7-8,16,21H,5-6,9-10H2/t16-/m0/s1. The summed E-state index contributed by atoms with van der Waals surface area (Å²) >= 11 is 0. The van der Waals surface area contributed by atoms with E-state index in [0.29, 0.717) is 25.1 Å². The first kappa shape index (κ1) is 15.5. The zero-order valence-corrected chi connectivity index (χ0v) is 12.4. The molecule has 7 heteroatoms. The molecule has 0 saturated carbocycles. The fourth-order valence-electron chi connectivity index (χ4n) is 2.76. The van der Waals surface area contributed by atoms with Gasteiger partial charge in [-0.05, 0) is 23.3 Å². The lowest BCUT2D eigenvalue weighted by molar-refractivity contribution is -0.385. The van der Waals surface area contributed by atoms with Gasteiger partial charge >= 0.3 is 0 Å². The van der Waals surface area contributed by atoms with E-state index in [1.807, 2.05) is 4.90 Å². The quantitative estimate of drug-likeness (QED) is 0.691. The highest BCUT2D eigenvalue weighted by molar-refractivity contribution is 5.35. The van der Waals surface area contributed by atoms with Crippen LogP contribution in [0.3, 0.4) is 0 Å². The Hall–Kier alpha value is -2.38. The van der Waals surface area contributed by atoms with Crippen LogP contribution in [0.4, 0.5) is 10.1 Å². The normalized spacial score (nSPS) is 15.9. The summed E-state index contributed by atoms with van der Waals surface area (Å²) in [5, 5.41) is 21.1. The monoisotopic (exact) mass is 317 g/mol. The number of rotatable bonds is 4. The molecule has 3 rings (SSSR count). The second-order valence-corrected chi connectivity index (χ2v) is 5.61. The largest absolute Gasteiger partial charge is 0.387 e. The van der Waals surface area contributed by atoms with Crippen LogP contribution < -0.4 is 0 Å². The van der Waals surface area contributed by atoms with E-state index >= 15 is 0 Å². The summed E-state index contributed by atoms with van der Waals surface area (Å²) in [6.07, 6.45) is 1.23. The Bertz CT molecular complexity index is 721. The maximum absolute atomic E-state index is 12.9. The molecule has 23 heavy (non-hydrogen) atoms. The van der Waals surface area contributed by atoms with Gasteiger partial charge in [0.05, 0.1) is 11.0 Å². The Kier molecular flexibility index (Phi) is 4.31. The second-order valence-electron chi connectivity index (χ2n) is 5.61. The lowest BCUT2D eigenvalue weighted by Crippen LogP contribution is -2.34. The highest BCUT2D eigenvalue weighted by atomic mass is 19.1. The third-order valence-electron chi connectivity index (χ3n) is 4.00. The topological polar surface area (TPSA) is 79.5 Å². The van der Waals surface area contributed by atoms with E-state index in [4.69, 9.17) is 0 Å². The number of hydrogen-bond donors (Lipinski definition) is 1. The van der Waals surface area contributed by atoms with Gasteiger partial charge in [-0.1, -0.05) is 12.1 Å². The number of nitro groups is 1. The number of aliphatic hydroxyl groups excluding tert-OH is 1. The first-order valence-electron chi connectivity index (χ1n) is 7.31. The third-order valence-corrected chi connectivity index (χ3v) is 4.00. The van der Waals surface area contributed by atoms with Crippen molar-refractivity contribution >= 4 is 5.69 Å². The van der Waals surface area contributed by atoms with Crippen LogP contribution in [0.2, 0.25) is 0 Å². The van der Waals surface area contributed by atoms with Gasteiger partial charge in [0.1, 0.15) is 12.0 Å². The second kappa shape index (κ2) is 6.39. The molecule has 0 spiro atoms. The van der Waals surface area contributed by atoms with E-state index in [2.05, 4.69) is 4.98 Å². The third kappa shape index (κ3) is 3.52. The molecular formula is C16H16FN3O3. The number of fused-ring (bicyclic) bond motifs is 1. The summed E-state index contributed by atoms with van der Waals surface area (Å²) in [7, 11) is 0. The van der Waals surface area contributed by atoms with Crippen molar-refractivity contribution in [2.45, 2.75) is 19.1 Å². The van der Waals surface area contributed by atoms with Gasteiger partial charge in [-0.2, -0.15) is 0 Å². The van der Waals surface area contributed by atoms with Gasteiger partial charge in [0.2, 0.25) is 0 Å². The summed E-state index contributed by atoms with van der Waals surface area (Å²) in [6, 6.07) is 7.29. The number of hydrogen-bond acceptors (Lipinski definition) is 5. The maximum Gasteiger partial charge on any atom is 0.287 e. The fraction of sp³-hybridized carbons (Fsp3) is 0.312. The highest BCUT2D eigenvalue weighted by Gasteiger charge is 2.22. The Balaban J connectivity index is 1.70. The van der Waals surface area contributed by atoms with E-state index in [9.17, 15) is 19.6 Å². The van der Waals surface area contributed by atoms with Crippen LogP contribution in [-0.4, -0.2) is 33.0 Å². The molecule has 0 saturated heterocycles. The van der Waals surface area contributed by atoms with Crippen LogP contribution in [0, 0.1) is 15.9 Å². The van der Waals surface area contributed by atoms with Crippen LogP contribution in [0.15, 0.2) is 36.5 Å². The molecule has 6 nitrogen and oxygen atoms in total. The maximum atomic E-state index is 12.9. The van der Waals surface area contributed by atoms with E-state index in [-0.39, 0.29) is 11.5 Å². The summed E-state index contributed by atoms with van der Waals surface area (Å²) < 4.78 is 12.9. The molecule has 0 radical (unpaired) electrons. The van der Waals surface area contributed by atoms with E-state index in [1.165, 1.54) is 18.3 Å². The number of nitrogens with zero attached hydrogens (tertiary/aromatic N) is 3. The number of benzene rings is 1. The molecule has 1 aliphatic heterocycles.